The fourth-order valence-electron chi connectivity index (χ4n) is 13.2. The average molecular weight is 1190 g/mol. The van der Waals surface area contributed by atoms with Crippen molar-refractivity contribution < 1.29 is 42.5 Å². The van der Waals surface area contributed by atoms with E-state index in [-0.39, 0.29) is 62.5 Å². The number of rotatable bonds is 10. The number of likely N-dealkylation sites (tertiary alicyclic amines) is 2. The summed E-state index contributed by atoms with van der Waals surface area (Å²) < 4.78 is 19.4. The molecule has 84 heavy (non-hydrogen) atoms. The van der Waals surface area contributed by atoms with Gasteiger partial charge in [0.25, 0.3) is 0 Å². The summed E-state index contributed by atoms with van der Waals surface area (Å²) in [6.45, 7) is 21.3. The highest BCUT2D eigenvalue weighted by Crippen LogP contribution is 2.33. The van der Waals surface area contributed by atoms with Gasteiger partial charge in [-0.2, -0.15) is 0 Å². The highest BCUT2D eigenvalue weighted by atomic mass is 16.5. The molecule has 8 fully saturated rings. The molecule has 5 aliphatic carbocycles. The van der Waals surface area contributed by atoms with Crippen molar-refractivity contribution in [3.8, 4) is 0 Å². The lowest BCUT2D eigenvalue weighted by molar-refractivity contribution is -0.510. The summed E-state index contributed by atoms with van der Waals surface area (Å²) in [5, 5.41) is 3.22. The molecule has 5 heterocycles. The van der Waals surface area contributed by atoms with E-state index in [1.165, 1.54) is 259 Å². The van der Waals surface area contributed by atoms with Crippen molar-refractivity contribution in [2.75, 3.05) is 86.3 Å². The van der Waals surface area contributed by atoms with Gasteiger partial charge < -0.3 is 29.3 Å². The molecule has 10 rings (SSSR count). The predicted molar refractivity (Wildman–Crippen MR) is 361 cm³/mol. The fourth-order valence-corrected chi connectivity index (χ4v) is 13.2. The molecule has 5 saturated heterocycles. The molecule has 12 heteroatoms. The molecule has 0 amide bonds. The van der Waals surface area contributed by atoms with E-state index in [0.29, 0.717) is 48.9 Å². The van der Waals surface area contributed by atoms with Crippen molar-refractivity contribution in [2.24, 2.45) is 23.7 Å². The molecule has 0 spiro atoms. The molecule has 0 aromatic heterocycles. The first-order valence-corrected chi connectivity index (χ1v) is 32.3. The molecule has 1 N–H and O–H groups in total. The first-order chi connectivity index (χ1) is 38.1. The zero-order chi connectivity index (χ0) is 56.0. The van der Waals surface area contributed by atoms with E-state index in [4.69, 9.17) is 9.47 Å². The summed E-state index contributed by atoms with van der Waals surface area (Å²) in [5.74, 6) is 2.14. The Hall–Kier alpha value is -3.80. The maximum atomic E-state index is 11.7. The van der Waals surface area contributed by atoms with Crippen molar-refractivity contribution in [3.05, 3.63) is 35.7 Å². The highest BCUT2D eigenvalue weighted by molar-refractivity contribution is 5.85. The summed E-state index contributed by atoms with van der Waals surface area (Å²) >= 11 is 0. The van der Waals surface area contributed by atoms with Gasteiger partial charge in [-0.3, -0.25) is 14.4 Å². The van der Waals surface area contributed by atoms with Gasteiger partial charge in [0.2, 0.25) is 0 Å². The van der Waals surface area contributed by atoms with E-state index in [1.54, 1.807) is 35.8 Å². The summed E-state index contributed by atoms with van der Waals surface area (Å²) in [6, 6.07) is 0. The molecule has 5 aliphatic heterocycles. The van der Waals surface area contributed by atoms with Gasteiger partial charge in [-0.1, -0.05) is 95.9 Å². The van der Waals surface area contributed by atoms with E-state index < -0.39 is 0 Å². The van der Waals surface area contributed by atoms with Gasteiger partial charge in [0.1, 0.15) is 32.0 Å². The van der Waals surface area contributed by atoms with Crippen LogP contribution in [-0.4, -0.2) is 140 Å². The second-order valence-corrected chi connectivity index (χ2v) is 23.7. The molecule has 10 aliphatic rings. The Morgan fingerprint density at radius 2 is 0.940 bits per heavy atom. The monoisotopic (exact) mass is 1190 g/mol. The second-order valence-electron chi connectivity index (χ2n) is 23.7. The number of Topliss-reactive ketones (excluding diaryl/α,β-unsaturated/α-hetero) is 1. The number of hydrogen-bond donors (Lipinski definition) is 1. The molecule has 0 bridgehead atoms. The van der Waals surface area contributed by atoms with Gasteiger partial charge >= 0.3 is 17.9 Å². The number of carbonyl (C=O) groups is 4. The number of methoxy groups -OCH3 is 2. The zero-order valence-corrected chi connectivity index (χ0v) is 50.9. The fraction of sp³-hybridized carbons (Fsp3) is 0.833. The van der Waals surface area contributed by atoms with E-state index in [2.05, 4.69) is 55.0 Å². The molecule has 12 nitrogen and oxygen atoms in total. The Labute approximate surface area is 520 Å². The predicted octanol–water partition coefficient (Wildman–Crippen LogP) is 17.2. The molecule has 0 aromatic carbocycles. The standard InChI is InChI=1S/C16H28NO2.C15H26NO2.2C10H17N.C6H10O.C5H8O2.C4H9N.6CH4/c1-3-19-16(18)12-13(2)14-8-4-5-9-15(14)17-10-6-7-11-17;1-12(11-15(17)18-2)13-7-3-4-8-14(13)16-9-5-6-10-16;2*1-2-6-10(7-3-1)11-8-4-5-9-11;7-6-4-2-1-3-5-6;1-3-4-5(6)7-2;1-2-4-5-3-1;;;;;;/h13-14H,3-12H2,1-2H3;12-13H,3-11H2,1-2H3;2*6H,1-5,7-9H2;1-5H2;3-4H,1-2H3;5H,1-4H2;6*1H4/q2*+1;;;;;;;;;;;/b;;;;;4-3-;;;;;;;. The summed E-state index contributed by atoms with van der Waals surface area (Å²) in [7, 11) is 2.84. The molecular formula is C72H139N5O7+2. The maximum Gasteiger partial charge on any atom is 0.330 e. The summed E-state index contributed by atoms with van der Waals surface area (Å²) in [5.41, 5.74) is 6.57. The van der Waals surface area contributed by atoms with E-state index in [0.717, 1.165) is 25.7 Å². The van der Waals surface area contributed by atoms with Crippen molar-refractivity contribution in [1.29, 1.82) is 0 Å². The highest BCUT2D eigenvalue weighted by Gasteiger charge is 2.36. The number of nitrogens with zero attached hydrogens (tertiary/aromatic N) is 4. The van der Waals surface area contributed by atoms with Crippen LogP contribution in [0, 0.1) is 23.7 Å². The van der Waals surface area contributed by atoms with Gasteiger partial charge in [-0.15, -0.1) is 0 Å². The maximum absolute atomic E-state index is 11.7. The van der Waals surface area contributed by atoms with Crippen LogP contribution in [0.3, 0.4) is 0 Å². The van der Waals surface area contributed by atoms with Crippen LogP contribution in [0.25, 0.3) is 0 Å². The minimum Gasteiger partial charge on any atom is -0.469 e. The van der Waals surface area contributed by atoms with Gasteiger partial charge in [0, 0.05) is 120 Å². The van der Waals surface area contributed by atoms with Crippen molar-refractivity contribution in [2.45, 2.75) is 284 Å². The quantitative estimate of drug-likeness (QED) is 0.0980. The van der Waals surface area contributed by atoms with Gasteiger partial charge in [-0.05, 0) is 167 Å². The van der Waals surface area contributed by atoms with Crippen LogP contribution in [-0.2, 0) is 33.4 Å². The number of ketones is 1. The lowest BCUT2D eigenvalue weighted by atomic mass is 9.77. The first kappa shape index (κ1) is 84.4. The van der Waals surface area contributed by atoms with Crippen LogP contribution in [0.2, 0.25) is 0 Å². The van der Waals surface area contributed by atoms with Crippen molar-refractivity contribution in [1.82, 2.24) is 15.1 Å². The largest absolute Gasteiger partial charge is 0.469 e. The van der Waals surface area contributed by atoms with Crippen molar-refractivity contribution in [3.63, 3.8) is 0 Å². The minimum absolute atomic E-state index is 0. The molecular weight excluding hydrogens is 1050 g/mol. The topological polar surface area (TPSA) is 121 Å². The number of nitrogens with one attached hydrogen (secondary N) is 1. The third-order valence-electron chi connectivity index (χ3n) is 17.6. The van der Waals surface area contributed by atoms with Crippen LogP contribution >= 0.6 is 0 Å². The molecule has 492 valence electrons. The Bertz CT molecular complexity index is 1800. The van der Waals surface area contributed by atoms with Crippen LogP contribution in [0.5, 0.6) is 0 Å². The lowest BCUT2D eigenvalue weighted by Gasteiger charge is -2.27. The molecule has 0 radical (unpaired) electrons. The average Bonchev–Trinajstić information content (AvgIpc) is 4.39. The van der Waals surface area contributed by atoms with Gasteiger partial charge in [-0.25, -0.2) is 13.9 Å². The number of hydrogen-bond acceptors (Lipinski definition) is 10. The van der Waals surface area contributed by atoms with Crippen LogP contribution in [0.15, 0.2) is 35.7 Å². The SMILES string of the molecule is C.C.C.C.C.C.C/C=C\C(=O)OC.C1=C(N2CCCC2)CCCC1.C1=C(N2CCCC2)CCCC1.C1CCNC1.CCOC(=O)CC(C)C1CCCCC1=[N+]1CCCC1.COC(=O)CC(C)C1CCCCC1=[N+]1CCCC1.O=C1CCCCC1. The number of carbonyl (C=O) groups excluding carboxylic acids is 4. The molecule has 4 unspecified atom stereocenters. The second kappa shape index (κ2) is 52.3. The molecule has 0 aromatic rings. The number of allylic oxidation sites excluding steroid dienone is 5. The Balaban J connectivity index is -0.000000937. The smallest absolute Gasteiger partial charge is 0.330 e. The van der Waals surface area contributed by atoms with Gasteiger partial charge in [0.05, 0.1) is 20.8 Å². The van der Waals surface area contributed by atoms with Crippen LogP contribution in [0.1, 0.15) is 284 Å². The number of esters is 3. The number of ether oxygens (including phenoxy) is 3. The van der Waals surface area contributed by atoms with E-state index in [9.17, 15) is 19.2 Å². The molecule has 3 saturated carbocycles. The van der Waals surface area contributed by atoms with Gasteiger partial charge in [0.15, 0.2) is 11.4 Å². The first-order valence-electron chi connectivity index (χ1n) is 32.3. The van der Waals surface area contributed by atoms with Crippen molar-refractivity contribution >= 4 is 35.1 Å². The molecule has 4 atom stereocenters. The van der Waals surface area contributed by atoms with E-state index in [1.807, 2.05) is 6.92 Å². The lowest BCUT2D eigenvalue weighted by Crippen LogP contribution is -2.34. The Morgan fingerprint density at radius 3 is 1.25 bits per heavy atom. The Kier molecular flexibility index (Phi) is 52.6. The normalized spacial score (nSPS) is 22.1. The summed E-state index contributed by atoms with van der Waals surface area (Å²) in [4.78, 5) is 48.9. The van der Waals surface area contributed by atoms with Crippen LogP contribution < -0.4 is 5.32 Å². The van der Waals surface area contributed by atoms with E-state index >= 15 is 0 Å². The minimum atomic E-state index is -0.303. The third kappa shape index (κ3) is 33.9. The zero-order valence-electron chi connectivity index (χ0n) is 50.9. The van der Waals surface area contributed by atoms with Crippen LogP contribution in [0.4, 0.5) is 0 Å². The Morgan fingerprint density at radius 1 is 0.536 bits per heavy atom. The summed E-state index contributed by atoms with van der Waals surface area (Å²) in [6.07, 6.45) is 49.4. The third-order valence-corrected chi connectivity index (χ3v) is 17.6.